The smallest absolute Gasteiger partial charge is 0.306 e. The second-order valence-corrected chi connectivity index (χ2v) is 6.93. The Labute approximate surface area is 156 Å². The van der Waals surface area contributed by atoms with Crippen LogP contribution < -0.4 is 5.32 Å². The molecule has 0 radical (unpaired) electrons. The molecule has 0 unspecified atom stereocenters. The zero-order valence-corrected chi connectivity index (χ0v) is 16.0. The average molecular weight is 404 g/mol. The third kappa shape index (κ3) is 6.35. The summed E-state index contributed by atoms with van der Waals surface area (Å²) in [5.74, 6) is -0.627. The molecule has 2 rings (SSSR count). The van der Waals surface area contributed by atoms with Gasteiger partial charge in [-0.3, -0.25) is 9.59 Å². The molecule has 25 heavy (non-hydrogen) atoms. The summed E-state index contributed by atoms with van der Waals surface area (Å²) in [6.07, 6.45) is 0.250. The van der Waals surface area contributed by atoms with Crippen LogP contribution in [0.15, 0.2) is 59.1 Å². The molecule has 0 fully saturated rings. The molecule has 2 atom stereocenters. The first-order chi connectivity index (χ1) is 12.0. The number of ether oxygens (including phenoxy) is 1. The molecule has 1 N–H and O–H groups in total. The van der Waals surface area contributed by atoms with E-state index in [0.717, 1.165) is 15.6 Å². The lowest BCUT2D eigenvalue weighted by Crippen LogP contribution is -2.31. The van der Waals surface area contributed by atoms with Crippen molar-refractivity contribution in [3.63, 3.8) is 0 Å². The Kier molecular flexibility index (Phi) is 7.19. The number of carbonyl (C=O) groups is 2. The van der Waals surface area contributed by atoms with Gasteiger partial charge < -0.3 is 10.1 Å². The SMILES string of the molecule is C[C@@H](CC(=O)OCC(=O)N[C@H](C)c1ccc(Br)cc1)c1ccccc1. The lowest BCUT2D eigenvalue weighted by Gasteiger charge is -2.15. The Hall–Kier alpha value is -2.14. The Morgan fingerprint density at radius 3 is 2.28 bits per heavy atom. The molecule has 0 aliphatic heterocycles. The second kappa shape index (κ2) is 9.37. The topological polar surface area (TPSA) is 55.4 Å². The molecular weight excluding hydrogens is 382 g/mol. The summed E-state index contributed by atoms with van der Waals surface area (Å²) >= 11 is 3.38. The quantitative estimate of drug-likeness (QED) is 0.698. The van der Waals surface area contributed by atoms with Crippen LogP contribution in [0.4, 0.5) is 0 Å². The van der Waals surface area contributed by atoms with Crippen LogP contribution in [0.1, 0.15) is 43.4 Å². The van der Waals surface area contributed by atoms with E-state index in [1.165, 1.54) is 0 Å². The average Bonchev–Trinajstić information content (AvgIpc) is 2.61. The van der Waals surface area contributed by atoms with Crippen molar-refractivity contribution in [2.24, 2.45) is 0 Å². The van der Waals surface area contributed by atoms with E-state index in [1.54, 1.807) is 0 Å². The first-order valence-electron chi connectivity index (χ1n) is 8.21. The highest BCUT2D eigenvalue weighted by Gasteiger charge is 2.15. The number of halogens is 1. The van der Waals surface area contributed by atoms with Crippen molar-refractivity contribution in [1.82, 2.24) is 5.32 Å². The Balaban J connectivity index is 1.75. The molecule has 1 amide bonds. The number of rotatable bonds is 7. The van der Waals surface area contributed by atoms with E-state index in [1.807, 2.05) is 68.4 Å². The standard InChI is InChI=1S/C20H22BrNO3/c1-14(16-6-4-3-5-7-16)12-20(24)25-13-19(23)22-15(2)17-8-10-18(21)11-9-17/h3-11,14-15H,12-13H2,1-2H3,(H,22,23)/t14-,15+/m0/s1. The number of benzene rings is 2. The maximum atomic E-state index is 12.0. The largest absolute Gasteiger partial charge is 0.456 e. The molecule has 0 saturated heterocycles. The van der Waals surface area contributed by atoms with Crippen molar-refractivity contribution < 1.29 is 14.3 Å². The molecule has 0 saturated carbocycles. The van der Waals surface area contributed by atoms with Gasteiger partial charge in [-0.15, -0.1) is 0 Å². The summed E-state index contributed by atoms with van der Waals surface area (Å²) in [6.45, 7) is 3.59. The predicted molar refractivity (Wildman–Crippen MR) is 101 cm³/mol. The predicted octanol–water partition coefficient (Wildman–Crippen LogP) is 4.36. The van der Waals surface area contributed by atoms with E-state index in [2.05, 4.69) is 21.2 Å². The molecule has 0 aliphatic carbocycles. The number of amides is 1. The van der Waals surface area contributed by atoms with Crippen molar-refractivity contribution in [3.8, 4) is 0 Å². The zero-order chi connectivity index (χ0) is 18.2. The molecule has 0 bridgehead atoms. The Morgan fingerprint density at radius 2 is 1.64 bits per heavy atom. The van der Waals surface area contributed by atoms with Gasteiger partial charge in [-0.1, -0.05) is 65.3 Å². The summed E-state index contributed by atoms with van der Waals surface area (Å²) in [4.78, 5) is 23.9. The zero-order valence-electron chi connectivity index (χ0n) is 14.4. The molecule has 0 spiro atoms. The van der Waals surface area contributed by atoms with Gasteiger partial charge in [0.2, 0.25) is 0 Å². The molecule has 0 aromatic heterocycles. The van der Waals surface area contributed by atoms with Crippen molar-refractivity contribution in [3.05, 3.63) is 70.2 Å². The van der Waals surface area contributed by atoms with E-state index in [4.69, 9.17) is 4.74 Å². The van der Waals surface area contributed by atoms with Crippen molar-refractivity contribution in [2.45, 2.75) is 32.2 Å². The van der Waals surface area contributed by atoms with Gasteiger partial charge in [0.05, 0.1) is 12.5 Å². The first-order valence-corrected chi connectivity index (χ1v) is 9.00. The number of carbonyl (C=O) groups excluding carboxylic acids is 2. The molecule has 2 aromatic rings. The van der Waals surface area contributed by atoms with E-state index in [0.29, 0.717) is 0 Å². The molecule has 5 heteroatoms. The van der Waals surface area contributed by atoms with Crippen LogP contribution in [0.25, 0.3) is 0 Å². The second-order valence-electron chi connectivity index (χ2n) is 6.02. The lowest BCUT2D eigenvalue weighted by molar-refractivity contribution is -0.149. The van der Waals surface area contributed by atoms with Gasteiger partial charge in [0, 0.05) is 4.47 Å². The minimum absolute atomic E-state index is 0.0541. The maximum Gasteiger partial charge on any atom is 0.306 e. The number of hydrogen-bond donors (Lipinski definition) is 1. The van der Waals surface area contributed by atoms with E-state index in [-0.39, 0.29) is 36.9 Å². The van der Waals surface area contributed by atoms with Gasteiger partial charge in [0.1, 0.15) is 0 Å². The van der Waals surface area contributed by atoms with E-state index in [9.17, 15) is 9.59 Å². The van der Waals surface area contributed by atoms with Gasteiger partial charge >= 0.3 is 5.97 Å². The third-order valence-electron chi connectivity index (χ3n) is 3.95. The van der Waals surface area contributed by atoms with Gasteiger partial charge in [-0.25, -0.2) is 0 Å². The summed E-state index contributed by atoms with van der Waals surface area (Å²) in [6, 6.07) is 17.3. The fraction of sp³-hybridized carbons (Fsp3) is 0.300. The van der Waals surface area contributed by atoms with Crippen molar-refractivity contribution in [1.29, 1.82) is 0 Å². The van der Waals surface area contributed by atoms with Crippen LogP contribution in [0.3, 0.4) is 0 Å². The monoisotopic (exact) mass is 403 g/mol. The summed E-state index contributed by atoms with van der Waals surface area (Å²) in [7, 11) is 0. The van der Waals surface area contributed by atoms with Gasteiger partial charge in [-0.2, -0.15) is 0 Å². The summed E-state index contributed by atoms with van der Waals surface area (Å²) < 4.78 is 6.08. The highest BCUT2D eigenvalue weighted by molar-refractivity contribution is 9.10. The van der Waals surface area contributed by atoms with Gasteiger partial charge in [-0.05, 0) is 36.1 Å². The maximum absolute atomic E-state index is 12.0. The fourth-order valence-corrected chi connectivity index (χ4v) is 2.74. The van der Waals surface area contributed by atoms with E-state index < -0.39 is 0 Å². The summed E-state index contributed by atoms with van der Waals surface area (Å²) in [5.41, 5.74) is 2.06. The highest BCUT2D eigenvalue weighted by Crippen LogP contribution is 2.19. The van der Waals surface area contributed by atoms with Crippen molar-refractivity contribution >= 4 is 27.8 Å². The van der Waals surface area contributed by atoms with Crippen LogP contribution in [-0.2, 0) is 14.3 Å². The van der Waals surface area contributed by atoms with Crippen LogP contribution >= 0.6 is 15.9 Å². The van der Waals surface area contributed by atoms with Crippen molar-refractivity contribution in [2.75, 3.05) is 6.61 Å². The molecule has 2 aromatic carbocycles. The van der Waals surface area contributed by atoms with Crippen LogP contribution in [0.5, 0.6) is 0 Å². The summed E-state index contributed by atoms with van der Waals surface area (Å²) in [5, 5.41) is 2.82. The van der Waals surface area contributed by atoms with Crippen LogP contribution in [0, 0.1) is 0 Å². The molecule has 0 heterocycles. The normalized spacial score (nSPS) is 12.9. The lowest BCUT2D eigenvalue weighted by atomic mass is 9.98. The van der Waals surface area contributed by atoms with Gasteiger partial charge in [0.25, 0.3) is 5.91 Å². The minimum Gasteiger partial charge on any atom is -0.456 e. The molecule has 4 nitrogen and oxygen atoms in total. The fourth-order valence-electron chi connectivity index (χ4n) is 2.47. The van der Waals surface area contributed by atoms with Crippen LogP contribution in [0.2, 0.25) is 0 Å². The Morgan fingerprint density at radius 1 is 1.00 bits per heavy atom. The molecule has 0 aliphatic rings. The molecule has 132 valence electrons. The third-order valence-corrected chi connectivity index (χ3v) is 4.48. The number of esters is 1. The minimum atomic E-state index is -0.372. The highest BCUT2D eigenvalue weighted by atomic mass is 79.9. The Bertz CT molecular complexity index is 701. The molecular formula is C20H22BrNO3. The number of hydrogen-bond acceptors (Lipinski definition) is 3. The van der Waals surface area contributed by atoms with E-state index >= 15 is 0 Å². The first kappa shape index (κ1) is 19.2. The van der Waals surface area contributed by atoms with Crippen LogP contribution in [-0.4, -0.2) is 18.5 Å². The van der Waals surface area contributed by atoms with Gasteiger partial charge in [0.15, 0.2) is 6.61 Å². The number of nitrogens with one attached hydrogen (secondary N) is 1.